The van der Waals surface area contributed by atoms with Crippen LogP contribution in [-0.2, 0) is 16.4 Å². The summed E-state index contributed by atoms with van der Waals surface area (Å²) < 4.78 is 70.6. The van der Waals surface area contributed by atoms with Crippen LogP contribution in [0.3, 0.4) is 0 Å². The number of carbonyl (C=O) groups is 1. The van der Waals surface area contributed by atoms with Crippen molar-refractivity contribution in [2.24, 2.45) is 5.92 Å². The van der Waals surface area contributed by atoms with E-state index in [2.05, 4.69) is 4.72 Å². The minimum Gasteiger partial charge on any atom is -0.389 e. The van der Waals surface area contributed by atoms with Crippen molar-refractivity contribution in [2.75, 3.05) is 18.8 Å². The second kappa shape index (κ2) is 8.79. The van der Waals surface area contributed by atoms with E-state index in [-0.39, 0.29) is 59.9 Å². The molecule has 2 aliphatic heterocycles. The van der Waals surface area contributed by atoms with Crippen LogP contribution in [0.5, 0.6) is 0 Å². The maximum absolute atomic E-state index is 15.6. The molecule has 3 aliphatic rings. The fourth-order valence-electron chi connectivity index (χ4n) is 5.25. The van der Waals surface area contributed by atoms with Crippen molar-refractivity contribution in [3.8, 4) is 11.1 Å². The number of rotatable bonds is 6. The Balaban J connectivity index is 1.48. The molecule has 188 valence electrons. The van der Waals surface area contributed by atoms with Crippen LogP contribution in [0.25, 0.3) is 11.1 Å². The molecule has 2 aromatic rings. The van der Waals surface area contributed by atoms with E-state index in [1.807, 2.05) is 0 Å². The molecule has 0 spiro atoms. The largest absolute Gasteiger partial charge is 0.389 e. The standard InChI is InChI=1S/C24H26F3N3O4S/c1-2-35(33,34)28-23-19-10-20(19)30(24(32)29-11-17(31)12-29)21(23)8-13-4-3-5-18(22(13)27)14-6-15(25)9-16(26)7-14/h3-7,9,17,19-21,23,28,31H,2,8,10-12H2,1H3/t19-,20+,21+,23+/m0/s1. The van der Waals surface area contributed by atoms with Gasteiger partial charge in [0.1, 0.15) is 17.5 Å². The van der Waals surface area contributed by atoms with E-state index in [1.54, 1.807) is 11.0 Å². The van der Waals surface area contributed by atoms with Crippen LogP contribution in [0.1, 0.15) is 18.9 Å². The molecule has 4 atom stereocenters. The molecule has 2 aromatic carbocycles. The molecule has 7 nitrogen and oxygen atoms in total. The Morgan fingerprint density at radius 2 is 1.83 bits per heavy atom. The summed E-state index contributed by atoms with van der Waals surface area (Å²) in [6.07, 6.45) is 0.0645. The first-order valence-electron chi connectivity index (χ1n) is 11.6. The number of nitrogens with one attached hydrogen (secondary N) is 1. The van der Waals surface area contributed by atoms with Crippen molar-refractivity contribution < 1.29 is 31.5 Å². The van der Waals surface area contributed by atoms with Gasteiger partial charge in [-0.1, -0.05) is 18.2 Å². The van der Waals surface area contributed by atoms with Crippen LogP contribution in [-0.4, -0.2) is 72.4 Å². The number of fused-ring (bicyclic) bond motifs is 1. The van der Waals surface area contributed by atoms with E-state index in [9.17, 15) is 27.1 Å². The Hall–Kier alpha value is -2.63. The van der Waals surface area contributed by atoms with E-state index < -0.39 is 45.7 Å². The number of likely N-dealkylation sites (tertiary alicyclic amines) is 2. The Labute approximate surface area is 201 Å². The number of aliphatic hydroxyl groups excluding tert-OH is 1. The predicted molar refractivity (Wildman–Crippen MR) is 122 cm³/mol. The summed E-state index contributed by atoms with van der Waals surface area (Å²) in [5.41, 5.74) is 0.265. The number of hydrogen-bond donors (Lipinski definition) is 2. The Morgan fingerprint density at radius 3 is 2.46 bits per heavy atom. The summed E-state index contributed by atoms with van der Waals surface area (Å²) in [4.78, 5) is 16.3. The molecule has 11 heteroatoms. The molecule has 2 N–H and O–H groups in total. The van der Waals surface area contributed by atoms with Crippen LogP contribution in [0.2, 0.25) is 0 Å². The average molecular weight is 510 g/mol. The Morgan fingerprint density at radius 1 is 1.14 bits per heavy atom. The van der Waals surface area contributed by atoms with Crippen molar-refractivity contribution >= 4 is 16.1 Å². The topological polar surface area (TPSA) is 90.0 Å². The van der Waals surface area contributed by atoms with E-state index in [0.29, 0.717) is 12.5 Å². The molecule has 3 fully saturated rings. The molecule has 2 amide bonds. The smallest absolute Gasteiger partial charge is 0.320 e. The molecule has 2 heterocycles. The molecule has 2 saturated heterocycles. The van der Waals surface area contributed by atoms with Crippen LogP contribution in [0.4, 0.5) is 18.0 Å². The monoisotopic (exact) mass is 509 g/mol. The second-order valence-corrected chi connectivity index (χ2v) is 11.5. The number of piperidine rings is 1. The highest BCUT2D eigenvalue weighted by molar-refractivity contribution is 7.89. The Bertz CT molecular complexity index is 1250. The lowest BCUT2D eigenvalue weighted by molar-refractivity contribution is 0.0112. The number of sulfonamides is 1. The summed E-state index contributed by atoms with van der Waals surface area (Å²) in [7, 11) is -3.59. The molecule has 0 aromatic heterocycles. The molecule has 1 aliphatic carbocycles. The van der Waals surface area contributed by atoms with E-state index in [0.717, 1.165) is 12.1 Å². The highest BCUT2D eigenvalue weighted by Gasteiger charge is 2.61. The minimum atomic E-state index is -3.59. The van der Waals surface area contributed by atoms with Gasteiger partial charge >= 0.3 is 6.03 Å². The van der Waals surface area contributed by atoms with E-state index in [1.165, 1.54) is 24.0 Å². The quantitative estimate of drug-likeness (QED) is 0.626. The van der Waals surface area contributed by atoms with Gasteiger partial charge in [0.25, 0.3) is 0 Å². The van der Waals surface area contributed by atoms with Crippen LogP contribution < -0.4 is 4.72 Å². The molecule has 0 bridgehead atoms. The number of aliphatic hydroxyl groups is 1. The van der Waals surface area contributed by atoms with Gasteiger partial charge < -0.3 is 14.9 Å². The lowest BCUT2D eigenvalue weighted by Crippen LogP contribution is -2.61. The van der Waals surface area contributed by atoms with E-state index in [4.69, 9.17) is 0 Å². The SMILES string of the molecule is CCS(=O)(=O)N[C@@H]1[C@H]2C[C@H]2N(C(=O)N2CC(O)C2)[C@@H]1Cc1cccc(-c2cc(F)cc(F)c2)c1F. The van der Waals surface area contributed by atoms with Gasteiger partial charge in [-0.05, 0) is 48.9 Å². The molecular weight excluding hydrogens is 483 g/mol. The highest BCUT2D eigenvalue weighted by atomic mass is 32.2. The summed E-state index contributed by atoms with van der Waals surface area (Å²) in [6, 6.07) is 5.58. The maximum Gasteiger partial charge on any atom is 0.320 e. The van der Waals surface area contributed by atoms with Gasteiger partial charge in [0.2, 0.25) is 10.0 Å². The maximum atomic E-state index is 15.6. The third-order valence-electron chi connectivity index (χ3n) is 7.13. The van der Waals surface area contributed by atoms with Crippen molar-refractivity contribution in [2.45, 2.75) is 44.0 Å². The number of urea groups is 1. The fourth-order valence-corrected chi connectivity index (χ4v) is 6.16. The minimum absolute atomic E-state index is 0.0125. The molecule has 5 rings (SSSR count). The number of benzene rings is 2. The highest BCUT2D eigenvalue weighted by Crippen LogP contribution is 2.50. The summed E-state index contributed by atoms with van der Waals surface area (Å²) in [6.45, 7) is 1.90. The van der Waals surface area contributed by atoms with Gasteiger partial charge in [-0.25, -0.2) is 31.1 Å². The number of hydrogen-bond acceptors (Lipinski definition) is 4. The van der Waals surface area contributed by atoms with Gasteiger partial charge in [0, 0.05) is 23.7 Å². The Kier molecular flexibility index (Phi) is 6.05. The van der Waals surface area contributed by atoms with Crippen molar-refractivity contribution in [3.63, 3.8) is 0 Å². The van der Waals surface area contributed by atoms with Gasteiger partial charge in [-0.3, -0.25) is 0 Å². The predicted octanol–water partition coefficient (Wildman–Crippen LogP) is 2.49. The first-order chi connectivity index (χ1) is 16.6. The summed E-state index contributed by atoms with van der Waals surface area (Å²) >= 11 is 0. The van der Waals surface area contributed by atoms with Crippen LogP contribution in [0, 0.1) is 23.4 Å². The average Bonchev–Trinajstić information content (AvgIpc) is 3.50. The summed E-state index contributed by atoms with van der Waals surface area (Å²) in [5.74, 6) is -2.55. The third kappa shape index (κ3) is 4.52. The number of β-amino-alcohol motifs (C(OH)–C–C–N with tert-alkyl or cyclic N) is 1. The third-order valence-corrected chi connectivity index (χ3v) is 8.52. The molecular formula is C24H26F3N3O4S. The zero-order chi connectivity index (χ0) is 25.1. The number of nitrogens with zero attached hydrogens (tertiary/aromatic N) is 2. The lowest BCUT2D eigenvalue weighted by atomic mass is 9.94. The first-order valence-corrected chi connectivity index (χ1v) is 13.2. The molecule has 35 heavy (non-hydrogen) atoms. The van der Waals surface area contributed by atoms with Crippen molar-refractivity contribution in [1.29, 1.82) is 0 Å². The normalized spacial score (nSPS) is 26.0. The number of halogens is 3. The van der Waals surface area contributed by atoms with E-state index >= 15 is 4.39 Å². The van der Waals surface area contributed by atoms with Crippen LogP contribution >= 0.6 is 0 Å². The zero-order valence-electron chi connectivity index (χ0n) is 19.0. The molecule has 0 unspecified atom stereocenters. The second-order valence-electron chi connectivity index (χ2n) is 9.47. The number of carbonyl (C=O) groups excluding carboxylic acids is 1. The molecule has 0 radical (unpaired) electrons. The summed E-state index contributed by atoms with van der Waals surface area (Å²) in [5, 5.41) is 9.63. The first kappa shape index (κ1) is 24.1. The van der Waals surface area contributed by atoms with Crippen molar-refractivity contribution in [1.82, 2.24) is 14.5 Å². The van der Waals surface area contributed by atoms with Crippen LogP contribution in [0.15, 0.2) is 36.4 Å². The van der Waals surface area contributed by atoms with Gasteiger partial charge in [-0.15, -0.1) is 0 Å². The zero-order valence-corrected chi connectivity index (χ0v) is 19.8. The fraction of sp³-hybridized carbons (Fsp3) is 0.458. The number of amides is 2. The molecule has 1 saturated carbocycles. The van der Waals surface area contributed by atoms with Gasteiger partial charge in [0.15, 0.2) is 0 Å². The van der Waals surface area contributed by atoms with Gasteiger partial charge in [-0.2, -0.15) is 0 Å². The van der Waals surface area contributed by atoms with Gasteiger partial charge in [0.05, 0.1) is 31.0 Å². The van der Waals surface area contributed by atoms with Crippen molar-refractivity contribution in [3.05, 3.63) is 59.4 Å². The lowest BCUT2D eigenvalue weighted by Gasteiger charge is -2.41.